The first-order chi connectivity index (χ1) is 12.3. The molecule has 0 saturated carbocycles. The van der Waals surface area contributed by atoms with Crippen LogP contribution in [0.1, 0.15) is 5.56 Å². The molecule has 8 nitrogen and oxygen atoms in total. The van der Waals surface area contributed by atoms with Crippen LogP contribution in [0.3, 0.4) is 0 Å². The fourth-order valence-corrected chi connectivity index (χ4v) is 3.38. The largest absolute Gasteiger partial charge is 0.362 e. The molecule has 2 aromatic carbocycles. The van der Waals surface area contributed by atoms with Crippen LogP contribution in [0.25, 0.3) is 0 Å². The van der Waals surface area contributed by atoms with Crippen molar-refractivity contribution in [2.75, 3.05) is 23.3 Å². The third kappa shape index (κ3) is 4.19. The van der Waals surface area contributed by atoms with E-state index in [0.717, 1.165) is 11.3 Å². The number of hydrogen-bond donors (Lipinski definition) is 3. The van der Waals surface area contributed by atoms with Crippen LogP contribution in [0.2, 0.25) is 0 Å². The molecule has 26 heavy (non-hydrogen) atoms. The Morgan fingerprint density at radius 2 is 1.85 bits per heavy atom. The van der Waals surface area contributed by atoms with Gasteiger partial charge in [0.05, 0.1) is 11.4 Å². The first-order valence-electron chi connectivity index (χ1n) is 7.89. The van der Waals surface area contributed by atoms with E-state index in [-0.39, 0.29) is 11.4 Å². The molecule has 0 bridgehead atoms. The van der Waals surface area contributed by atoms with Gasteiger partial charge in [0.2, 0.25) is 15.9 Å². The van der Waals surface area contributed by atoms with Crippen LogP contribution in [0.15, 0.2) is 53.4 Å². The van der Waals surface area contributed by atoms with Gasteiger partial charge >= 0.3 is 6.03 Å². The van der Waals surface area contributed by atoms with Crippen LogP contribution >= 0.6 is 0 Å². The number of primary sulfonamides is 1. The minimum Gasteiger partial charge on any atom is -0.362 e. The fourth-order valence-electron chi connectivity index (χ4n) is 2.81. The topological polar surface area (TPSA) is 122 Å². The van der Waals surface area contributed by atoms with E-state index >= 15 is 0 Å². The smallest absolute Gasteiger partial charge is 0.325 e. The van der Waals surface area contributed by atoms with Crippen LogP contribution in [-0.4, -0.2) is 33.4 Å². The number of carbonyl (C=O) groups excluding carboxylic acids is 2. The zero-order chi connectivity index (χ0) is 18.7. The number of para-hydroxylation sites is 1. The molecule has 0 saturated heterocycles. The van der Waals surface area contributed by atoms with E-state index < -0.39 is 22.0 Å². The third-order valence-corrected chi connectivity index (χ3v) is 4.90. The Morgan fingerprint density at radius 1 is 1.12 bits per heavy atom. The first kappa shape index (κ1) is 17.9. The van der Waals surface area contributed by atoms with Gasteiger partial charge in [0, 0.05) is 17.9 Å². The molecule has 0 radical (unpaired) electrons. The Bertz CT molecular complexity index is 944. The molecule has 3 amide bonds. The van der Waals surface area contributed by atoms with E-state index in [1.165, 1.54) is 12.1 Å². The Balaban J connectivity index is 1.61. The second-order valence-electron chi connectivity index (χ2n) is 5.88. The molecule has 1 aliphatic heterocycles. The number of nitrogens with one attached hydrogen (secondary N) is 2. The van der Waals surface area contributed by atoms with E-state index in [2.05, 4.69) is 10.6 Å². The van der Waals surface area contributed by atoms with Crippen molar-refractivity contribution in [1.82, 2.24) is 5.32 Å². The molecule has 0 atom stereocenters. The van der Waals surface area contributed by atoms with Gasteiger partial charge in [-0.05, 0) is 42.3 Å². The van der Waals surface area contributed by atoms with Crippen LogP contribution in [-0.2, 0) is 21.2 Å². The average Bonchev–Trinajstić information content (AvgIpc) is 2.97. The molecule has 0 spiro atoms. The summed E-state index contributed by atoms with van der Waals surface area (Å²) in [6.45, 7) is 0.543. The summed E-state index contributed by atoms with van der Waals surface area (Å²) in [5, 5.41) is 9.98. The highest BCUT2D eigenvalue weighted by atomic mass is 32.2. The molecular formula is C17H18N4O4S. The Kier molecular flexibility index (Phi) is 4.92. The average molecular weight is 374 g/mol. The van der Waals surface area contributed by atoms with Gasteiger partial charge in [0.1, 0.15) is 0 Å². The van der Waals surface area contributed by atoms with Crippen molar-refractivity contribution in [1.29, 1.82) is 0 Å². The molecule has 1 heterocycles. The van der Waals surface area contributed by atoms with Gasteiger partial charge in [-0.25, -0.2) is 18.4 Å². The number of hydrogen-bond acceptors (Lipinski definition) is 5. The summed E-state index contributed by atoms with van der Waals surface area (Å²) in [6.07, 6.45) is 0.599. The van der Waals surface area contributed by atoms with E-state index in [1.807, 2.05) is 6.07 Å². The van der Waals surface area contributed by atoms with Crippen molar-refractivity contribution < 1.29 is 18.0 Å². The van der Waals surface area contributed by atoms with Gasteiger partial charge in [0.15, 0.2) is 0 Å². The summed E-state index contributed by atoms with van der Waals surface area (Å²) in [5.74, 6) is -0.457. The lowest BCUT2D eigenvalue weighted by molar-refractivity contribution is -0.118. The van der Waals surface area contributed by atoms with Crippen molar-refractivity contribution in [2.24, 2.45) is 5.14 Å². The molecule has 136 valence electrons. The van der Waals surface area contributed by atoms with E-state index in [4.69, 9.17) is 5.14 Å². The highest BCUT2D eigenvalue weighted by Gasteiger charge is 2.23. The maximum absolute atomic E-state index is 12.1. The minimum atomic E-state index is -3.76. The standard InChI is InChI=1S/C17H18N4O4S/c18-26(24,25)14-6-7-15-12(10-14)8-9-21(15)11-16(22)20-17(23)19-13-4-2-1-3-5-13/h1-7,10H,8-9,11H2,(H2,18,24,25)(H2,19,20,22,23). The van der Waals surface area contributed by atoms with Crippen molar-refractivity contribution in [2.45, 2.75) is 11.3 Å². The summed E-state index contributed by atoms with van der Waals surface area (Å²) in [6, 6.07) is 12.7. The number of nitrogens with two attached hydrogens (primary N) is 1. The summed E-state index contributed by atoms with van der Waals surface area (Å²) in [4.78, 5) is 25.8. The molecular weight excluding hydrogens is 356 g/mol. The first-order valence-corrected chi connectivity index (χ1v) is 9.44. The zero-order valence-corrected chi connectivity index (χ0v) is 14.6. The number of imide groups is 1. The summed E-state index contributed by atoms with van der Waals surface area (Å²) in [7, 11) is -3.76. The lowest BCUT2D eigenvalue weighted by Crippen LogP contribution is -2.41. The highest BCUT2D eigenvalue weighted by molar-refractivity contribution is 7.89. The van der Waals surface area contributed by atoms with Crippen molar-refractivity contribution >= 4 is 33.3 Å². The maximum Gasteiger partial charge on any atom is 0.325 e. The van der Waals surface area contributed by atoms with Gasteiger partial charge < -0.3 is 10.2 Å². The molecule has 0 aromatic heterocycles. The predicted octanol–water partition coefficient (Wildman–Crippen LogP) is 1.04. The number of anilines is 2. The minimum absolute atomic E-state index is 0.00999. The van der Waals surface area contributed by atoms with E-state index in [0.29, 0.717) is 18.7 Å². The Hall–Kier alpha value is -2.91. The number of fused-ring (bicyclic) bond motifs is 1. The molecule has 4 N–H and O–H groups in total. The van der Waals surface area contributed by atoms with Gasteiger partial charge in [-0.3, -0.25) is 10.1 Å². The lowest BCUT2D eigenvalue weighted by Gasteiger charge is -2.18. The van der Waals surface area contributed by atoms with Crippen LogP contribution in [0, 0.1) is 0 Å². The molecule has 3 rings (SSSR count). The van der Waals surface area contributed by atoms with E-state index in [1.54, 1.807) is 35.2 Å². The number of amides is 3. The Morgan fingerprint density at radius 3 is 2.54 bits per heavy atom. The normalized spacial score (nSPS) is 13.2. The van der Waals surface area contributed by atoms with Crippen LogP contribution in [0.5, 0.6) is 0 Å². The zero-order valence-electron chi connectivity index (χ0n) is 13.8. The number of benzene rings is 2. The summed E-state index contributed by atoms with van der Waals surface area (Å²) >= 11 is 0. The Labute approximate surface area is 151 Å². The quantitative estimate of drug-likeness (QED) is 0.738. The van der Waals surface area contributed by atoms with Gasteiger partial charge in [0.25, 0.3) is 0 Å². The SMILES string of the molecule is NS(=O)(=O)c1ccc2c(c1)CCN2CC(=O)NC(=O)Nc1ccccc1. The van der Waals surface area contributed by atoms with Gasteiger partial charge in [-0.2, -0.15) is 0 Å². The monoisotopic (exact) mass is 374 g/mol. The molecule has 1 aliphatic rings. The number of rotatable bonds is 4. The molecule has 9 heteroatoms. The number of sulfonamides is 1. The number of nitrogens with zero attached hydrogens (tertiary/aromatic N) is 1. The third-order valence-electron chi connectivity index (χ3n) is 3.99. The second kappa shape index (κ2) is 7.14. The predicted molar refractivity (Wildman–Crippen MR) is 97.3 cm³/mol. The van der Waals surface area contributed by atoms with Crippen molar-refractivity contribution in [3.05, 3.63) is 54.1 Å². The van der Waals surface area contributed by atoms with Crippen LogP contribution in [0.4, 0.5) is 16.2 Å². The van der Waals surface area contributed by atoms with E-state index in [9.17, 15) is 18.0 Å². The van der Waals surface area contributed by atoms with Crippen LogP contribution < -0.4 is 20.7 Å². The lowest BCUT2D eigenvalue weighted by atomic mass is 10.2. The van der Waals surface area contributed by atoms with Crippen molar-refractivity contribution in [3.63, 3.8) is 0 Å². The number of carbonyl (C=O) groups is 2. The molecule has 0 unspecified atom stereocenters. The van der Waals surface area contributed by atoms with Gasteiger partial charge in [-0.1, -0.05) is 18.2 Å². The fraction of sp³-hybridized carbons (Fsp3) is 0.176. The summed E-state index contributed by atoms with van der Waals surface area (Å²) in [5.41, 5.74) is 2.15. The summed E-state index contributed by atoms with van der Waals surface area (Å²) < 4.78 is 22.8. The van der Waals surface area contributed by atoms with Gasteiger partial charge in [-0.15, -0.1) is 0 Å². The maximum atomic E-state index is 12.1. The van der Waals surface area contributed by atoms with Crippen molar-refractivity contribution in [3.8, 4) is 0 Å². The number of urea groups is 1. The highest BCUT2D eigenvalue weighted by Crippen LogP contribution is 2.29. The molecule has 0 fully saturated rings. The second-order valence-corrected chi connectivity index (χ2v) is 7.44. The molecule has 0 aliphatic carbocycles. The molecule has 2 aromatic rings.